The first-order valence-electron chi connectivity index (χ1n) is 12.3. The number of fused-ring (bicyclic) bond motifs is 2. The maximum absolute atomic E-state index is 14.4. The zero-order valence-electron chi connectivity index (χ0n) is 20.9. The van der Waals surface area contributed by atoms with Gasteiger partial charge < -0.3 is 25.1 Å². The number of carbonyl (C=O) groups excluding carboxylic acids is 1. The van der Waals surface area contributed by atoms with Crippen molar-refractivity contribution in [1.29, 1.82) is 0 Å². The molecule has 190 valence electrons. The summed E-state index contributed by atoms with van der Waals surface area (Å²) in [6, 6.07) is 5.12. The van der Waals surface area contributed by atoms with E-state index >= 15 is 0 Å². The van der Waals surface area contributed by atoms with Gasteiger partial charge in [-0.1, -0.05) is 0 Å². The maximum Gasteiger partial charge on any atom is 0.257 e. The predicted octanol–water partition coefficient (Wildman–Crippen LogP) is 3.64. The number of hydrogen-bond donors (Lipinski definition) is 2. The van der Waals surface area contributed by atoms with E-state index in [0.29, 0.717) is 28.6 Å². The molecule has 36 heavy (non-hydrogen) atoms. The lowest BCUT2D eigenvalue weighted by molar-refractivity contribution is 0.0412. The molecule has 6 rings (SSSR count). The average molecular weight is 494 g/mol. The standard InChI is InChI=1S/C21H22FN7O.C5H10O/c1-12-8-29-10-14(7-17(22)20(29)24-12)25-21(30)15-3-4-18(28-6-5-13(23)9-28)16-11-27(2)26-19(15)16;1-6-5-3-2-4-5/h3-4,7-8,10-11,13H,5-6,9,23H2,1-2H3,(H,25,30);5H,2-4H2,1H3. The number of carbonyl (C=O) groups is 1. The summed E-state index contributed by atoms with van der Waals surface area (Å²) in [4.78, 5) is 19.4. The van der Waals surface area contributed by atoms with Crippen molar-refractivity contribution in [3.8, 4) is 0 Å². The fraction of sp³-hybridized carbons (Fsp3) is 0.423. The van der Waals surface area contributed by atoms with Gasteiger partial charge in [-0.2, -0.15) is 5.10 Å². The van der Waals surface area contributed by atoms with Gasteiger partial charge in [-0.05, 0) is 44.7 Å². The summed E-state index contributed by atoms with van der Waals surface area (Å²) in [5, 5.41) is 8.19. The van der Waals surface area contributed by atoms with Gasteiger partial charge in [0.2, 0.25) is 0 Å². The van der Waals surface area contributed by atoms with Crippen LogP contribution in [0.3, 0.4) is 0 Å². The number of imidazole rings is 1. The number of nitrogens with zero attached hydrogens (tertiary/aromatic N) is 5. The predicted molar refractivity (Wildman–Crippen MR) is 138 cm³/mol. The lowest BCUT2D eigenvalue weighted by Gasteiger charge is -2.22. The molecule has 1 saturated carbocycles. The largest absolute Gasteiger partial charge is 0.381 e. The number of hydrogen-bond acceptors (Lipinski definition) is 6. The third-order valence-electron chi connectivity index (χ3n) is 6.85. The number of nitrogens with two attached hydrogens (primary N) is 1. The van der Waals surface area contributed by atoms with Gasteiger partial charge in [0.1, 0.15) is 5.52 Å². The molecule has 4 aromatic rings. The second-order valence-corrected chi connectivity index (χ2v) is 9.62. The maximum atomic E-state index is 14.4. The molecule has 1 aliphatic carbocycles. The highest BCUT2D eigenvalue weighted by Gasteiger charge is 2.24. The molecular weight excluding hydrogens is 461 g/mol. The molecule has 1 unspecified atom stereocenters. The molecule has 4 heterocycles. The molecule has 3 N–H and O–H groups in total. The monoisotopic (exact) mass is 493 g/mol. The second kappa shape index (κ2) is 9.87. The van der Waals surface area contributed by atoms with Crippen molar-refractivity contribution < 1.29 is 13.9 Å². The number of anilines is 2. The number of methoxy groups -OCH3 is 1. The van der Waals surface area contributed by atoms with Crippen molar-refractivity contribution in [3.05, 3.63) is 53.9 Å². The van der Waals surface area contributed by atoms with Crippen molar-refractivity contribution in [3.63, 3.8) is 0 Å². The van der Waals surface area contributed by atoms with Gasteiger partial charge in [0.15, 0.2) is 11.5 Å². The summed E-state index contributed by atoms with van der Waals surface area (Å²) in [7, 11) is 3.61. The summed E-state index contributed by atoms with van der Waals surface area (Å²) in [6.07, 6.45) is 10.8. The lowest BCUT2D eigenvalue weighted by atomic mass is 9.96. The molecule has 1 saturated heterocycles. The lowest BCUT2D eigenvalue weighted by Crippen LogP contribution is -2.26. The van der Waals surface area contributed by atoms with E-state index in [4.69, 9.17) is 10.5 Å². The third-order valence-corrected chi connectivity index (χ3v) is 6.85. The van der Waals surface area contributed by atoms with Crippen LogP contribution in [-0.2, 0) is 11.8 Å². The van der Waals surface area contributed by atoms with Gasteiger partial charge >= 0.3 is 0 Å². The number of halogens is 1. The number of pyridine rings is 1. The topological polar surface area (TPSA) is 103 Å². The molecule has 10 heteroatoms. The number of benzene rings is 1. The minimum absolute atomic E-state index is 0.149. The second-order valence-electron chi connectivity index (χ2n) is 9.62. The molecule has 3 aromatic heterocycles. The van der Waals surface area contributed by atoms with Gasteiger partial charge in [0.05, 0.1) is 23.0 Å². The van der Waals surface area contributed by atoms with Crippen LogP contribution in [0.1, 0.15) is 41.7 Å². The molecule has 1 aromatic carbocycles. The van der Waals surface area contributed by atoms with Gasteiger partial charge in [-0.25, -0.2) is 9.37 Å². The van der Waals surface area contributed by atoms with E-state index in [1.807, 2.05) is 19.3 Å². The van der Waals surface area contributed by atoms with Crippen LogP contribution in [-0.4, -0.2) is 57.4 Å². The zero-order valence-corrected chi connectivity index (χ0v) is 20.9. The molecule has 1 atom stereocenters. The Kier molecular flexibility index (Phi) is 6.63. The summed E-state index contributed by atoms with van der Waals surface area (Å²) in [5.74, 6) is -0.844. The van der Waals surface area contributed by atoms with E-state index < -0.39 is 5.82 Å². The Hall–Kier alpha value is -3.50. The third kappa shape index (κ3) is 4.78. The molecule has 1 aliphatic heterocycles. The van der Waals surface area contributed by atoms with Crippen molar-refractivity contribution in [1.82, 2.24) is 19.2 Å². The number of amides is 1. The molecule has 0 radical (unpaired) electrons. The Morgan fingerprint density at radius 3 is 2.67 bits per heavy atom. The van der Waals surface area contributed by atoms with E-state index in [1.165, 1.54) is 25.3 Å². The smallest absolute Gasteiger partial charge is 0.257 e. The summed E-state index contributed by atoms with van der Waals surface area (Å²) in [5.41, 5.74) is 9.39. The van der Waals surface area contributed by atoms with Gasteiger partial charge in [0, 0.05) is 69.0 Å². The van der Waals surface area contributed by atoms with E-state index in [1.54, 1.807) is 41.6 Å². The first-order valence-corrected chi connectivity index (χ1v) is 12.3. The Balaban J connectivity index is 0.000000391. The fourth-order valence-corrected chi connectivity index (χ4v) is 4.72. The van der Waals surface area contributed by atoms with E-state index in [9.17, 15) is 9.18 Å². The summed E-state index contributed by atoms with van der Waals surface area (Å²) >= 11 is 0. The highest BCUT2D eigenvalue weighted by Crippen LogP contribution is 2.31. The SMILES string of the molecule is COC1CCC1.Cc1cn2cc(NC(=O)c3ccc(N4CCC(N)C4)c4cn(C)nc34)cc(F)c2n1. The van der Waals surface area contributed by atoms with Crippen molar-refractivity contribution in [2.75, 3.05) is 30.4 Å². The minimum Gasteiger partial charge on any atom is -0.381 e. The number of aromatic nitrogens is 4. The highest BCUT2D eigenvalue weighted by molar-refractivity contribution is 6.13. The van der Waals surface area contributed by atoms with E-state index in [-0.39, 0.29) is 17.6 Å². The number of ether oxygens (including phenoxy) is 1. The molecule has 0 spiro atoms. The molecule has 0 bridgehead atoms. The van der Waals surface area contributed by atoms with E-state index in [2.05, 4.69) is 20.3 Å². The van der Waals surface area contributed by atoms with Gasteiger partial charge in [-0.15, -0.1) is 0 Å². The van der Waals surface area contributed by atoms with Crippen LogP contribution in [0, 0.1) is 12.7 Å². The first kappa shape index (κ1) is 24.2. The van der Waals surface area contributed by atoms with Crippen LogP contribution in [0.5, 0.6) is 0 Å². The van der Waals surface area contributed by atoms with Crippen LogP contribution < -0.4 is 16.0 Å². The fourth-order valence-electron chi connectivity index (χ4n) is 4.72. The van der Waals surface area contributed by atoms with Crippen molar-refractivity contribution in [2.24, 2.45) is 12.8 Å². The van der Waals surface area contributed by atoms with Crippen LogP contribution in [0.4, 0.5) is 15.8 Å². The average Bonchev–Trinajstić information content (AvgIpc) is 3.50. The number of nitrogens with one attached hydrogen (secondary N) is 1. The Labute approximate surface area is 209 Å². The summed E-state index contributed by atoms with van der Waals surface area (Å²) < 4.78 is 22.6. The Morgan fingerprint density at radius 2 is 2.03 bits per heavy atom. The molecule has 1 amide bonds. The number of aryl methyl sites for hydroxylation is 2. The molecular formula is C26H32FN7O2. The molecule has 2 fully saturated rings. The minimum atomic E-state index is -0.496. The van der Waals surface area contributed by atoms with Crippen LogP contribution in [0.25, 0.3) is 16.6 Å². The van der Waals surface area contributed by atoms with Crippen LogP contribution in [0.2, 0.25) is 0 Å². The Morgan fingerprint density at radius 1 is 1.22 bits per heavy atom. The number of rotatable bonds is 4. The van der Waals surface area contributed by atoms with Crippen molar-refractivity contribution >= 4 is 33.8 Å². The quantitative estimate of drug-likeness (QED) is 0.450. The van der Waals surface area contributed by atoms with E-state index in [0.717, 1.165) is 30.6 Å². The van der Waals surface area contributed by atoms with Crippen LogP contribution >= 0.6 is 0 Å². The van der Waals surface area contributed by atoms with Crippen LogP contribution in [0.15, 0.2) is 36.8 Å². The summed E-state index contributed by atoms with van der Waals surface area (Å²) in [6.45, 7) is 3.44. The Bertz CT molecular complexity index is 1410. The highest BCUT2D eigenvalue weighted by atomic mass is 19.1. The van der Waals surface area contributed by atoms with Gasteiger partial charge in [-0.3, -0.25) is 9.48 Å². The van der Waals surface area contributed by atoms with Crippen molar-refractivity contribution in [2.45, 2.75) is 44.8 Å². The zero-order chi connectivity index (χ0) is 25.4. The first-order chi connectivity index (χ1) is 17.3. The molecule has 9 nitrogen and oxygen atoms in total. The molecule has 2 aliphatic rings. The van der Waals surface area contributed by atoms with Gasteiger partial charge in [0.25, 0.3) is 5.91 Å². The normalized spacial score (nSPS) is 17.8.